The normalized spacial score (nSPS) is 18.8. The molecule has 0 radical (unpaired) electrons. The molecule has 0 unspecified atom stereocenters. The number of likely N-dealkylation sites (tertiary alicyclic amines) is 2. The number of hydrogen-bond acceptors (Lipinski definition) is 4. The van der Waals surface area contributed by atoms with Crippen LogP contribution in [-0.2, 0) is 25.5 Å². The highest BCUT2D eigenvalue weighted by Crippen LogP contribution is 2.25. The fourth-order valence-corrected chi connectivity index (χ4v) is 4.11. The van der Waals surface area contributed by atoms with Gasteiger partial charge in [-0.3, -0.25) is 14.4 Å². The number of carbonyl (C=O) groups excluding carboxylic acids is 3. The zero-order valence-electron chi connectivity index (χ0n) is 16.6. The summed E-state index contributed by atoms with van der Waals surface area (Å²) in [5, 5.41) is 0. The monoisotopic (exact) mass is 386 g/mol. The smallest absolute Gasteiger partial charge is 0.309 e. The third-order valence-electron chi connectivity index (χ3n) is 5.82. The van der Waals surface area contributed by atoms with Gasteiger partial charge in [0.1, 0.15) is 0 Å². The van der Waals surface area contributed by atoms with Crippen LogP contribution < -0.4 is 0 Å². The van der Waals surface area contributed by atoms with E-state index in [1.54, 1.807) is 0 Å². The summed E-state index contributed by atoms with van der Waals surface area (Å²) >= 11 is 0. The van der Waals surface area contributed by atoms with Crippen molar-refractivity contribution in [3.05, 3.63) is 35.9 Å². The van der Waals surface area contributed by atoms with E-state index in [1.165, 1.54) is 0 Å². The van der Waals surface area contributed by atoms with Crippen molar-refractivity contribution >= 4 is 17.8 Å². The van der Waals surface area contributed by atoms with Crippen LogP contribution in [0.25, 0.3) is 0 Å². The Hall–Kier alpha value is -2.37. The second-order valence-electron chi connectivity index (χ2n) is 7.67. The molecular weight excluding hydrogens is 356 g/mol. The molecule has 0 N–H and O–H groups in total. The Kier molecular flexibility index (Phi) is 7.06. The Balaban J connectivity index is 1.43. The molecule has 28 heavy (non-hydrogen) atoms. The van der Waals surface area contributed by atoms with Crippen LogP contribution in [0.4, 0.5) is 0 Å². The Morgan fingerprint density at radius 3 is 2.07 bits per heavy atom. The number of benzene rings is 1. The summed E-state index contributed by atoms with van der Waals surface area (Å²) in [5.41, 5.74) is 1.02. The lowest BCUT2D eigenvalue weighted by molar-refractivity contribution is -0.152. The minimum Gasteiger partial charge on any atom is -0.466 e. The molecule has 2 heterocycles. The first-order chi connectivity index (χ1) is 13.6. The van der Waals surface area contributed by atoms with Crippen LogP contribution in [-0.4, -0.2) is 60.4 Å². The Bertz CT molecular complexity index is 675. The Labute approximate surface area is 166 Å². The van der Waals surface area contributed by atoms with E-state index in [4.69, 9.17) is 4.74 Å². The van der Waals surface area contributed by atoms with Crippen LogP contribution in [0.15, 0.2) is 30.3 Å². The second-order valence-corrected chi connectivity index (χ2v) is 7.67. The van der Waals surface area contributed by atoms with Crippen molar-refractivity contribution in [2.45, 2.75) is 39.0 Å². The van der Waals surface area contributed by atoms with Gasteiger partial charge in [-0.05, 0) is 38.2 Å². The van der Waals surface area contributed by atoms with E-state index in [2.05, 4.69) is 0 Å². The van der Waals surface area contributed by atoms with Crippen molar-refractivity contribution in [2.75, 3.05) is 32.8 Å². The van der Waals surface area contributed by atoms with Crippen LogP contribution in [0.3, 0.4) is 0 Å². The molecule has 0 bridgehead atoms. The molecule has 0 spiro atoms. The van der Waals surface area contributed by atoms with Crippen molar-refractivity contribution in [1.82, 2.24) is 9.80 Å². The molecule has 2 aliphatic rings. The van der Waals surface area contributed by atoms with Gasteiger partial charge in [0.05, 0.1) is 18.9 Å². The number of esters is 1. The van der Waals surface area contributed by atoms with Gasteiger partial charge in [-0.2, -0.15) is 0 Å². The van der Waals surface area contributed by atoms with Gasteiger partial charge in [-0.25, -0.2) is 0 Å². The summed E-state index contributed by atoms with van der Waals surface area (Å²) in [7, 11) is 0. The summed E-state index contributed by atoms with van der Waals surface area (Å²) in [6.07, 6.45) is 3.22. The molecule has 6 nitrogen and oxygen atoms in total. The van der Waals surface area contributed by atoms with Gasteiger partial charge in [0, 0.05) is 32.1 Å². The minimum atomic E-state index is -0.139. The molecule has 0 saturated carbocycles. The van der Waals surface area contributed by atoms with Gasteiger partial charge in [0.2, 0.25) is 11.8 Å². The predicted octanol–water partition coefficient (Wildman–Crippen LogP) is 2.27. The first kappa shape index (κ1) is 20.4. The number of amides is 2. The predicted molar refractivity (Wildman–Crippen MR) is 105 cm³/mol. The number of hydrogen-bond donors (Lipinski definition) is 0. The van der Waals surface area contributed by atoms with E-state index in [1.807, 2.05) is 47.1 Å². The number of carbonyl (C=O) groups is 3. The number of piperidine rings is 2. The number of nitrogens with zero attached hydrogens (tertiary/aromatic N) is 2. The van der Waals surface area contributed by atoms with Gasteiger partial charge < -0.3 is 14.5 Å². The Morgan fingerprint density at radius 1 is 0.893 bits per heavy atom. The molecule has 0 aliphatic carbocycles. The summed E-state index contributed by atoms with van der Waals surface area (Å²) in [6, 6.07) is 9.76. The lowest BCUT2D eigenvalue weighted by Gasteiger charge is -2.37. The number of ether oxygens (including phenoxy) is 1. The molecule has 152 valence electrons. The topological polar surface area (TPSA) is 66.9 Å². The molecule has 2 aliphatic heterocycles. The first-order valence-electron chi connectivity index (χ1n) is 10.4. The van der Waals surface area contributed by atoms with Crippen LogP contribution >= 0.6 is 0 Å². The quantitative estimate of drug-likeness (QED) is 0.728. The van der Waals surface area contributed by atoms with E-state index < -0.39 is 0 Å². The van der Waals surface area contributed by atoms with Gasteiger partial charge in [0.25, 0.3) is 0 Å². The summed E-state index contributed by atoms with van der Waals surface area (Å²) in [5.74, 6) is 0.0750. The lowest BCUT2D eigenvalue weighted by Crippen LogP contribution is -2.47. The van der Waals surface area contributed by atoms with Gasteiger partial charge in [-0.15, -0.1) is 0 Å². The van der Waals surface area contributed by atoms with Crippen molar-refractivity contribution in [2.24, 2.45) is 11.8 Å². The van der Waals surface area contributed by atoms with Crippen LogP contribution in [0.2, 0.25) is 0 Å². The summed E-state index contributed by atoms with van der Waals surface area (Å²) in [6.45, 7) is 4.74. The van der Waals surface area contributed by atoms with Crippen molar-refractivity contribution in [1.29, 1.82) is 0 Å². The maximum atomic E-state index is 12.8. The molecule has 0 aromatic heterocycles. The second kappa shape index (κ2) is 9.71. The van der Waals surface area contributed by atoms with Crippen LogP contribution in [0, 0.1) is 11.8 Å². The Morgan fingerprint density at radius 2 is 1.46 bits per heavy atom. The van der Waals surface area contributed by atoms with Gasteiger partial charge in [0.15, 0.2) is 0 Å². The standard InChI is InChI=1S/C22H30N2O4/c1-2-28-22(27)19-10-14-24(15-11-19)21(26)18-8-12-23(13-9-18)20(25)16-17-6-4-3-5-7-17/h3-7,18-19H,2,8-16H2,1H3. The highest BCUT2D eigenvalue weighted by Gasteiger charge is 2.33. The van der Waals surface area contributed by atoms with E-state index in [0.29, 0.717) is 52.0 Å². The van der Waals surface area contributed by atoms with E-state index in [0.717, 1.165) is 18.4 Å². The third-order valence-corrected chi connectivity index (χ3v) is 5.82. The average Bonchev–Trinajstić information content (AvgIpc) is 2.74. The largest absolute Gasteiger partial charge is 0.466 e. The molecule has 1 aromatic carbocycles. The van der Waals surface area contributed by atoms with Crippen molar-refractivity contribution < 1.29 is 19.1 Å². The third kappa shape index (κ3) is 5.12. The summed E-state index contributed by atoms with van der Waals surface area (Å²) in [4.78, 5) is 40.9. The first-order valence-corrected chi connectivity index (χ1v) is 10.4. The fourth-order valence-electron chi connectivity index (χ4n) is 4.11. The van der Waals surface area contributed by atoms with Crippen LogP contribution in [0.1, 0.15) is 38.2 Å². The van der Waals surface area contributed by atoms with Gasteiger partial charge in [-0.1, -0.05) is 30.3 Å². The zero-order chi connectivity index (χ0) is 19.9. The van der Waals surface area contributed by atoms with Crippen LogP contribution in [0.5, 0.6) is 0 Å². The fraction of sp³-hybridized carbons (Fsp3) is 0.591. The molecule has 6 heteroatoms. The maximum Gasteiger partial charge on any atom is 0.309 e. The average molecular weight is 386 g/mol. The SMILES string of the molecule is CCOC(=O)C1CCN(C(=O)C2CCN(C(=O)Cc3ccccc3)CC2)CC1. The number of rotatable bonds is 5. The minimum absolute atomic E-state index is 0.0140. The van der Waals surface area contributed by atoms with E-state index in [-0.39, 0.29) is 29.6 Å². The molecule has 2 amide bonds. The highest BCUT2D eigenvalue weighted by atomic mass is 16.5. The van der Waals surface area contributed by atoms with E-state index >= 15 is 0 Å². The molecule has 0 atom stereocenters. The van der Waals surface area contributed by atoms with Crippen molar-refractivity contribution in [3.8, 4) is 0 Å². The summed E-state index contributed by atoms with van der Waals surface area (Å²) < 4.78 is 5.09. The highest BCUT2D eigenvalue weighted by molar-refractivity contribution is 5.81. The van der Waals surface area contributed by atoms with E-state index in [9.17, 15) is 14.4 Å². The van der Waals surface area contributed by atoms with Crippen molar-refractivity contribution in [3.63, 3.8) is 0 Å². The molecule has 1 aromatic rings. The zero-order valence-corrected chi connectivity index (χ0v) is 16.6. The lowest BCUT2D eigenvalue weighted by atomic mass is 9.92. The molecule has 2 saturated heterocycles. The molecular formula is C22H30N2O4. The maximum absolute atomic E-state index is 12.8. The van der Waals surface area contributed by atoms with Gasteiger partial charge >= 0.3 is 5.97 Å². The molecule has 2 fully saturated rings. The molecule has 3 rings (SSSR count).